The summed E-state index contributed by atoms with van der Waals surface area (Å²) in [5.41, 5.74) is 0.482. The summed E-state index contributed by atoms with van der Waals surface area (Å²) in [5.74, 6) is -2.09. The van der Waals surface area contributed by atoms with E-state index in [2.05, 4.69) is 5.32 Å². The number of aryl methyl sites for hydroxylation is 1. The van der Waals surface area contributed by atoms with E-state index in [0.29, 0.717) is 0 Å². The molecule has 0 heterocycles. The quantitative estimate of drug-likeness (QED) is 0.870. The van der Waals surface area contributed by atoms with Crippen LogP contribution in [0.5, 0.6) is 0 Å². The summed E-state index contributed by atoms with van der Waals surface area (Å²) in [5, 5.41) is 2.92. The van der Waals surface area contributed by atoms with Crippen molar-refractivity contribution in [2.75, 3.05) is 0 Å². The number of hydrogen-bond acceptors (Lipinski definition) is 1. The first kappa shape index (κ1) is 14.0. The maximum Gasteiger partial charge on any atom is 0.251 e. The highest BCUT2D eigenvalue weighted by molar-refractivity contribution is 5.96. The molecule has 0 aliphatic heterocycles. The van der Waals surface area contributed by atoms with Gasteiger partial charge in [-0.1, -0.05) is 19.3 Å². The SMILES string of the molecule is Cc1cc(C(=O)NC2CCCCC2)c(C)c(F)c1F. The molecule has 2 nitrogen and oxygen atoms in total. The second kappa shape index (κ2) is 5.68. The lowest BCUT2D eigenvalue weighted by Crippen LogP contribution is -2.36. The van der Waals surface area contributed by atoms with Crippen LogP contribution < -0.4 is 5.32 Å². The highest BCUT2D eigenvalue weighted by Crippen LogP contribution is 2.21. The van der Waals surface area contributed by atoms with E-state index in [9.17, 15) is 13.6 Å². The summed E-state index contributed by atoms with van der Waals surface area (Å²) in [7, 11) is 0. The molecule has 0 spiro atoms. The summed E-state index contributed by atoms with van der Waals surface area (Å²) in [4.78, 5) is 12.1. The Kier molecular flexibility index (Phi) is 4.17. The molecular formula is C15H19F2NO. The third-order valence-corrected chi connectivity index (χ3v) is 3.82. The maximum absolute atomic E-state index is 13.6. The number of rotatable bonds is 2. The van der Waals surface area contributed by atoms with Gasteiger partial charge < -0.3 is 5.32 Å². The molecule has 1 aliphatic carbocycles. The van der Waals surface area contributed by atoms with E-state index < -0.39 is 11.6 Å². The first-order valence-corrected chi connectivity index (χ1v) is 6.76. The van der Waals surface area contributed by atoms with Crippen molar-refractivity contribution in [2.24, 2.45) is 0 Å². The highest BCUT2D eigenvalue weighted by atomic mass is 19.2. The van der Waals surface area contributed by atoms with Gasteiger partial charge in [-0.25, -0.2) is 8.78 Å². The molecule has 104 valence electrons. The van der Waals surface area contributed by atoms with E-state index in [4.69, 9.17) is 0 Å². The van der Waals surface area contributed by atoms with Gasteiger partial charge >= 0.3 is 0 Å². The van der Waals surface area contributed by atoms with Crippen LogP contribution in [0.3, 0.4) is 0 Å². The number of carbonyl (C=O) groups is 1. The van der Waals surface area contributed by atoms with Gasteiger partial charge in [0.25, 0.3) is 5.91 Å². The molecular weight excluding hydrogens is 248 g/mol. The molecule has 4 heteroatoms. The Morgan fingerprint density at radius 1 is 1.16 bits per heavy atom. The molecule has 1 aliphatic rings. The summed E-state index contributed by atoms with van der Waals surface area (Å²) in [6.07, 6.45) is 5.36. The second-order valence-corrected chi connectivity index (χ2v) is 5.30. The van der Waals surface area contributed by atoms with Crippen molar-refractivity contribution in [3.05, 3.63) is 34.4 Å². The zero-order valence-electron chi connectivity index (χ0n) is 11.4. The molecule has 0 radical (unpaired) electrons. The van der Waals surface area contributed by atoms with Crippen LogP contribution in [0.15, 0.2) is 6.07 Å². The smallest absolute Gasteiger partial charge is 0.251 e. The van der Waals surface area contributed by atoms with Crippen LogP contribution in [0.1, 0.15) is 53.6 Å². The zero-order valence-corrected chi connectivity index (χ0v) is 11.4. The monoisotopic (exact) mass is 267 g/mol. The predicted molar refractivity (Wildman–Crippen MR) is 70.2 cm³/mol. The first-order valence-electron chi connectivity index (χ1n) is 6.76. The zero-order chi connectivity index (χ0) is 14.0. The number of nitrogens with one attached hydrogen (secondary N) is 1. The van der Waals surface area contributed by atoms with Crippen LogP contribution in [0, 0.1) is 25.5 Å². The summed E-state index contributed by atoms with van der Waals surface area (Å²) in [6.45, 7) is 2.91. The Labute approximate surface area is 112 Å². The minimum Gasteiger partial charge on any atom is -0.349 e. The third-order valence-electron chi connectivity index (χ3n) is 3.82. The van der Waals surface area contributed by atoms with Crippen LogP contribution in [-0.2, 0) is 0 Å². The minimum atomic E-state index is -0.922. The van der Waals surface area contributed by atoms with Crippen molar-refractivity contribution >= 4 is 5.91 Å². The maximum atomic E-state index is 13.6. The van der Waals surface area contributed by atoms with E-state index in [1.165, 1.54) is 26.3 Å². The van der Waals surface area contributed by atoms with Crippen molar-refractivity contribution in [1.82, 2.24) is 5.32 Å². The van der Waals surface area contributed by atoms with Gasteiger partial charge in [-0.15, -0.1) is 0 Å². The molecule has 0 saturated heterocycles. The molecule has 2 rings (SSSR count). The molecule has 0 aromatic heterocycles. The van der Waals surface area contributed by atoms with Crippen LogP contribution in [0.2, 0.25) is 0 Å². The molecule has 1 saturated carbocycles. The second-order valence-electron chi connectivity index (χ2n) is 5.30. The Morgan fingerprint density at radius 3 is 2.42 bits per heavy atom. The molecule has 1 fully saturated rings. The first-order chi connectivity index (χ1) is 9.00. The molecule has 0 bridgehead atoms. The standard InChI is InChI=1S/C15H19F2NO/c1-9-8-12(10(2)14(17)13(9)16)15(19)18-11-6-4-3-5-7-11/h8,11H,3-7H2,1-2H3,(H,18,19). The van der Waals surface area contributed by atoms with Crippen molar-refractivity contribution in [2.45, 2.75) is 52.0 Å². The Hall–Kier alpha value is -1.45. The Balaban J connectivity index is 2.19. The van der Waals surface area contributed by atoms with Gasteiger partial charge in [-0.3, -0.25) is 4.79 Å². The van der Waals surface area contributed by atoms with Crippen LogP contribution >= 0.6 is 0 Å². The van der Waals surface area contributed by atoms with Crippen molar-refractivity contribution < 1.29 is 13.6 Å². The minimum absolute atomic E-state index is 0.0800. The lowest BCUT2D eigenvalue weighted by Gasteiger charge is -2.23. The highest BCUT2D eigenvalue weighted by Gasteiger charge is 2.21. The van der Waals surface area contributed by atoms with E-state index >= 15 is 0 Å². The van der Waals surface area contributed by atoms with E-state index in [-0.39, 0.29) is 28.6 Å². The van der Waals surface area contributed by atoms with Crippen LogP contribution in [0.25, 0.3) is 0 Å². The Morgan fingerprint density at radius 2 is 1.79 bits per heavy atom. The van der Waals surface area contributed by atoms with Crippen molar-refractivity contribution in [1.29, 1.82) is 0 Å². The van der Waals surface area contributed by atoms with Crippen LogP contribution in [0.4, 0.5) is 8.78 Å². The van der Waals surface area contributed by atoms with Gasteiger partial charge in [-0.05, 0) is 38.3 Å². The summed E-state index contributed by atoms with van der Waals surface area (Å²) < 4.78 is 27.0. The number of hydrogen-bond donors (Lipinski definition) is 1. The average molecular weight is 267 g/mol. The molecule has 19 heavy (non-hydrogen) atoms. The van der Waals surface area contributed by atoms with E-state index in [1.807, 2.05) is 0 Å². The number of carbonyl (C=O) groups excluding carboxylic acids is 1. The molecule has 1 amide bonds. The fraction of sp³-hybridized carbons (Fsp3) is 0.533. The topological polar surface area (TPSA) is 29.1 Å². The normalized spacial score (nSPS) is 16.4. The van der Waals surface area contributed by atoms with Gasteiger partial charge in [0.2, 0.25) is 0 Å². The van der Waals surface area contributed by atoms with E-state index in [1.54, 1.807) is 0 Å². The predicted octanol–water partition coefficient (Wildman–Crippen LogP) is 3.64. The lowest BCUT2D eigenvalue weighted by molar-refractivity contribution is 0.0926. The molecule has 1 N–H and O–H groups in total. The molecule has 1 aromatic rings. The van der Waals surface area contributed by atoms with E-state index in [0.717, 1.165) is 25.7 Å². The van der Waals surface area contributed by atoms with Gasteiger partial charge in [-0.2, -0.15) is 0 Å². The van der Waals surface area contributed by atoms with Crippen molar-refractivity contribution in [3.8, 4) is 0 Å². The van der Waals surface area contributed by atoms with Gasteiger partial charge in [0.1, 0.15) is 0 Å². The van der Waals surface area contributed by atoms with Gasteiger partial charge in [0.15, 0.2) is 11.6 Å². The third kappa shape index (κ3) is 2.94. The largest absolute Gasteiger partial charge is 0.349 e. The summed E-state index contributed by atoms with van der Waals surface area (Å²) in [6, 6.07) is 1.58. The number of benzene rings is 1. The fourth-order valence-corrected chi connectivity index (χ4v) is 2.59. The van der Waals surface area contributed by atoms with Crippen LogP contribution in [-0.4, -0.2) is 11.9 Å². The fourth-order valence-electron chi connectivity index (χ4n) is 2.59. The van der Waals surface area contributed by atoms with Gasteiger partial charge in [0, 0.05) is 17.2 Å². The van der Waals surface area contributed by atoms with Crippen molar-refractivity contribution in [3.63, 3.8) is 0 Å². The molecule has 0 unspecified atom stereocenters. The summed E-state index contributed by atoms with van der Waals surface area (Å²) >= 11 is 0. The number of halogens is 2. The van der Waals surface area contributed by atoms with Gasteiger partial charge in [0.05, 0.1) is 0 Å². The number of amides is 1. The molecule has 1 aromatic carbocycles. The molecule has 0 atom stereocenters. The lowest BCUT2D eigenvalue weighted by atomic mass is 9.95. The average Bonchev–Trinajstić information content (AvgIpc) is 2.41. The Bertz CT molecular complexity index is 493.